The van der Waals surface area contributed by atoms with E-state index in [4.69, 9.17) is 11.6 Å². The van der Waals surface area contributed by atoms with Crippen molar-refractivity contribution in [3.63, 3.8) is 0 Å². The van der Waals surface area contributed by atoms with Gasteiger partial charge in [-0.15, -0.1) is 12.4 Å². The van der Waals surface area contributed by atoms with E-state index < -0.39 is 0 Å². The summed E-state index contributed by atoms with van der Waals surface area (Å²) < 4.78 is 0. The van der Waals surface area contributed by atoms with E-state index >= 15 is 0 Å². The molecule has 0 aromatic heterocycles. The molecule has 1 N–H and O–H groups in total. The van der Waals surface area contributed by atoms with Crippen LogP contribution in [-0.2, 0) is 4.79 Å². The molecule has 20 heavy (non-hydrogen) atoms. The second-order valence-electron chi connectivity index (χ2n) is 5.55. The van der Waals surface area contributed by atoms with Crippen molar-refractivity contribution >= 4 is 29.9 Å². The van der Waals surface area contributed by atoms with Crippen molar-refractivity contribution in [1.29, 1.82) is 0 Å². The molecule has 1 saturated carbocycles. The molecule has 1 saturated heterocycles. The lowest BCUT2D eigenvalue weighted by Gasteiger charge is -2.34. The molecule has 5 heteroatoms. The van der Waals surface area contributed by atoms with E-state index in [0.29, 0.717) is 17.9 Å². The number of rotatable bonds is 2. The Morgan fingerprint density at radius 3 is 2.85 bits per heavy atom. The standard InChI is InChI=1S/C15H19ClN2O.ClH/c1-10-9-17-6-7-18(10)15(19)13-8-12(13)11-4-2-3-5-14(11)16;/h2-5,10,12-13,17H,6-9H2,1H3;1H/t10-,12?,13?;/m1./s1. The van der Waals surface area contributed by atoms with Gasteiger partial charge >= 0.3 is 0 Å². The van der Waals surface area contributed by atoms with Crippen LogP contribution in [0.15, 0.2) is 24.3 Å². The van der Waals surface area contributed by atoms with Crippen LogP contribution < -0.4 is 5.32 Å². The first-order valence-corrected chi connectivity index (χ1v) is 7.32. The van der Waals surface area contributed by atoms with E-state index in [-0.39, 0.29) is 18.3 Å². The molecule has 1 heterocycles. The van der Waals surface area contributed by atoms with Gasteiger partial charge in [0.1, 0.15) is 0 Å². The maximum Gasteiger partial charge on any atom is 0.226 e. The Kier molecular flexibility index (Phi) is 4.95. The summed E-state index contributed by atoms with van der Waals surface area (Å²) in [5, 5.41) is 4.10. The molecule has 110 valence electrons. The highest BCUT2D eigenvalue weighted by Crippen LogP contribution is 2.50. The summed E-state index contributed by atoms with van der Waals surface area (Å²) in [6.07, 6.45) is 0.944. The van der Waals surface area contributed by atoms with Crippen molar-refractivity contribution in [2.45, 2.75) is 25.3 Å². The summed E-state index contributed by atoms with van der Waals surface area (Å²) in [5.74, 6) is 0.766. The molecule has 0 radical (unpaired) electrons. The first-order chi connectivity index (χ1) is 9.18. The molecule has 2 aliphatic rings. The van der Waals surface area contributed by atoms with Crippen molar-refractivity contribution in [2.24, 2.45) is 5.92 Å². The monoisotopic (exact) mass is 314 g/mol. The van der Waals surface area contributed by atoms with E-state index in [1.54, 1.807) is 0 Å². The number of amides is 1. The Morgan fingerprint density at radius 1 is 1.40 bits per heavy atom. The van der Waals surface area contributed by atoms with Gasteiger partial charge in [0.2, 0.25) is 5.91 Å². The van der Waals surface area contributed by atoms with Crippen molar-refractivity contribution < 1.29 is 4.79 Å². The van der Waals surface area contributed by atoms with Gasteiger partial charge in [-0.3, -0.25) is 4.79 Å². The van der Waals surface area contributed by atoms with Crippen molar-refractivity contribution in [3.05, 3.63) is 34.9 Å². The molecule has 3 atom stereocenters. The number of benzene rings is 1. The number of halogens is 2. The topological polar surface area (TPSA) is 32.3 Å². The average molecular weight is 315 g/mol. The zero-order valence-corrected chi connectivity index (χ0v) is 13.1. The molecule has 1 aromatic rings. The third-order valence-corrected chi connectivity index (χ3v) is 4.54. The Labute approximate surface area is 131 Å². The molecule has 0 bridgehead atoms. The third-order valence-electron chi connectivity index (χ3n) is 4.20. The molecule has 3 nitrogen and oxygen atoms in total. The van der Waals surface area contributed by atoms with E-state index in [2.05, 4.69) is 12.2 Å². The zero-order valence-electron chi connectivity index (χ0n) is 11.5. The molecule has 1 aromatic carbocycles. The lowest BCUT2D eigenvalue weighted by Crippen LogP contribution is -2.52. The highest BCUT2D eigenvalue weighted by atomic mass is 35.5. The molecular weight excluding hydrogens is 295 g/mol. The van der Waals surface area contributed by atoms with Crippen LogP contribution >= 0.6 is 24.0 Å². The quantitative estimate of drug-likeness (QED) is 0.910. The highest BCUT2D eigenvalue weighted by molar-refractivity contribution is 6.31. The minimum atomic E-state index is 0. The van der Waals surface area contributed by atoms with Crippen LogP contribution in [0.4, 0.5) is 0 Å². The van der Waals surface area contributed by atoms with Crippen molar-refractivity contribution in [3.8, 4) is 0 Å². The smallest absolute Gasteiger partial charge is 0.226 e. The molecule has 2 fully saturated rings. The molecule has 1 aliphatic carbocycles. The van der Waals surface area contributed by atoms with Gasteiger partial charge in [0.05, 0.1) is 0 Å². The Hall–Kier alpha value is -0.770. The molecule has 1 aliphatic heterocycles. The van der Waals surface area contributed by atoms with Crippen LogP contribution in [-0.4, -0.2) is 36.5 Å². The fourth-order valence-electron chi connectivity index (χ4n) is 2.97. The minimum absolute atomic E-state index is 0. The SMILES string of the molecule is C[C@@H]1CNCCN1C(=O)C1CC1c1ccccc1Cl.Cl. The van der Waals surface area contributed by atoms with Gasteiger partial charge in [0, 0.05) is 36.6 Å². The largest absolute Gasteiger partial charge is 0.337 e. The normalized spacial score (nSPS) is 28.7. The van der Waals surface area contributed by atoms with Gasteiger partial charge in [0.15, 0.2) is 0 Å². The van der Waals surface area contributed by atoms with E-state index in [1.165, 1.54) is 0 Å². The number of hydrogen-bond donors (Lipinski definition) is 1. The second kappa shape index (κ2) is 6.33. The van der Waals surface area contributed by atoms with Crippen LogP contribution in [0.25, 0.3) is 0 Å². The fraction of sp³-hybridized carbons (Fsp3) is 0.533. The zero-order chi connectivity index (χ0) is 13.4. The number of nitrogens with zero attached hydrogens (tertiary/aromatic N) is 1. The van der Waals surface area contributed by atoms with E-state index in [1.807, 2.05) is 29.2 Å². The fourth-order valence-corrected chi connectivity index (χ4v) is 3.24. The lowest BCUT2D eigenvalue weighted by molar-refractivity contribution is -0.135. The van der Waals surface area contributed by atoms with Crippen LogP contribution in [0, 0.1) is 5.92 Å². The van der Waals surface area contributed by atoms with Crippen molar-refractivity contribution in [1.82, 2.24) is 10.2 Å². The van der Waals surface area contributed by atoms with E-state index in [9.17, 15) is 4.79 Å². The van der Waals surface area contributed by atoms with Crippen LogP contribution in [0.2, 0.25) is 5.02 Å². The predicted molar refractivity (Wildman–Crippen MR) is 83.6 cm³/mol. The first kappa shape index (κ1) is 15.6. The van der Waals surface area contributed by atoms with Gasteiger partial charge in [-0.25, -0.2) is 0 Å². The number of carbonyl (C=O) groups is 1. The average Bonchev–Trinajstić information content (AvgIpc) is 3.19. The molecular formula is C15H20Cl2N2O. The first-order valence-electron chi connectivity index (χ1n) is 6.94. The number of carbonyl (C=O) groups excluding carboxylic acids is 1. The molecule has 3 rings (SSSR count). The van der Waals surface area contributed by atoms with Crippen LogP contribution in [0.1, 0.15) is 24.8 Å². The molecule has 1 amide bonds. The molecule has 2 unspecified atom stereocenters. The van der Waals surface area contributed by atoms with Gasteiger partial charge < -0.3 is 10.2 Å². The van der Waals surface area contributed by atoms with Gasteiger partial charge in [-0.1, -0.05) is 29.8 Å². The van der Waals surface area contributed by atoms with Gasteiger partial charge in [0.25, 0.3) is 0 Å². The Bertz CT molecular complexity index is 495. The Balaban J connectivity index is 0.00000147. The van der Waals surface area contributed by atoms with Crippen LogP contribution in [0.3, 0.4) is 0 Å². The summed E-state index contributed by atoms with van der Waals surface area (Å²) in [6, 6.07) is 8.18. The number of piperazine rings is 1. The van der Waals surface area contributed by atoms with Gasteiger partial charge in [-0.05, 0) is 30.9 Å². The lowest BCUT2D eigenvalue weighted by atomic mass is 10.1. The third kappa shape index (κ3) is 2.95. The second-order valence-corrected chi connectivity index (χ2v) is 5.96. The maximum absolute atomic E-state index is 12.5. The van der Waals surface area contributed by atoms with Crippen LogP contribution in [0.5, 0.6) is 0 Å². The van der Waals surface area contributed by atoms with E-state index in [0.717, 1.165) is 36.6 Å². The summed E-state index contributed by atoms with van der Waals surface area (Å²) in [7, 11) is 0. The summed E-state index contributed by atoms with van der Waals surface area (Å²) >= 11 is 6.21. The number of hydrogen-bond acceptors (Lipinski definition) is 2. The van der Waals surface area contributed by atoms with Gasteiger partial charge in [-0.2, -0.15) is 0 Å². The number of nitrogens with one attached hydrogen (secondary N) is 1. The summed E-state index contributed by atoms with van der Waals surface area (Å²) in [4.78, 5) is 14.5. The minimum Gasteiger partial charge on any atom is -0.337 e. The Morgan fingerprint density at radius 2 is 2.15 bits per heavy atom. The maximum atomic E-state index is 12.5. The summed E-state index contributed by atoms with van der Waals surface area (Å²) in [6.45, 7) is 4.73. The summed E-state index contributed by atoms with van der Waals surface area (Å²) in [5.41, 5.74) is 1.13. The van der Waals surface area contributed by atoms with Crippen molar-refractivity contribution in [2.75, 3.05) is 19.6 Å². The highest BCUT2D eigenvalue weighted by Gasteiger charge is 2.47. The predicted octanol–water partition coefficient (Wildman–Crippen LogP) is 2.69. The molecule has 0 spiro atoms.